The molecule has 0 radical (unpaired) electrons. The molecule has 1 rings (SSSR count). The van der Waals surface area contributed by atoms with Crippen molar-refractivity contribution in [1.29, 1.82) is 0 Å². The smallest absolute Gasteiger partial charge is 0.251 e. The quantitative estimate of drug-likeness (QED) is 0.699. The monoisotopic (exact) mass is 209 g/mol. The molecule has 0 spiro atoms. The minimum absolute atomic E-state index is 0.0776. The van der Waals surface area contributed by atoms with E-state index in [1.165, 1.54) is 6.42 Å². The molecule has 1 nitrogen and oxygen atoms in total. The zero-order valence-electron chi connectivity index (χ0n) is 8.17. The molecule has 0 saturated heterocycles. The van der Waals surface area contributed by atoms with Crippen molar-refractivity contribution in [3.05, 3.63) is 0 Å². The van der Waals surface area contributed by atoms with Crippen LogP contribution in [0, 0.1) is 0 Å². The highest BCUT2D eigenvalue weighted by atomic mass is 32.2. The van der Waals surface area contributed by atoms with Gasteiger partial charge in [0.05, 0.1) is 6.54 Å². The Labute approximate surface area is 82.9 Å². The summed E-state index contributed by atoms with van der Waals surface area (Å²) in [5.74, 6) is 0. The minimum Gasteiger partial charge on any atom is -0.298 e. The first kappa shape index (κ1) is 11.2. The summed E-state index contributed by atoms with van der Waals surface area (Å²) in [5.41, 5.74) is 0. The van der Waals surface area contributed by atoms with Crippen LogP contribution in [0.1, 0.15) is 19.3 Å². The van der Waals surface area contributed by atoms with Crippen molar-refractivity contribution in [3.8, 4) is 0 Å². The summed E-state index contributed by atoms with van der Waals surface area (Å²) < 4.78 is 24.1. The highest BCUT2D eigenvalue weighted by molar-refractivity contribution is 7.99. The molecule has 2 atom stereocenters. The number of hydrogen-bond donors (Lipinski definition) is 0. The van der Waals surface area contributed by atoms with Crippen molar-refractivity contribution in [2.75, 3.05) is 19.8 Å². The van der Waals surface area contributed by atoms with Crippen molar-refractivity contribution in [1.82, 2.24) is 4.90 Å². The van der Waals surface area contributed by atoms with E-state index in [0.29, 0.717) is 11.3 Å². The van der Waals surface area contributed by atoms with Crippen LogP contribution < -0.4 is 0 Å². The van der Waals surface area contributed by atoms with Crippen molar-refractivity contribution < 1.29 is 8.78 Å². The molecule has 78 valence electrons. The third-order valence-electron chi connectivity index (χ3n) is 2.74. The van der Waals surface area contributed by atoms with Gasteiger partial charge in [-0.2, -0.15) is 11.8 Å². The highest BCUT2D eigenvalue weighted by Gasteiger charge is 2.27. The van der Waals surface area contributed by atoms with Gasteiger partial charge < -0.3 is 0 Å². The number of alkyl halides is 2. The molecule has 4 heteroatoms. The molecule has 0 aromatic rings. The van der Waals surface area contributed by atoms with Crippen LogP contribution in [0.15, 0.2) is 0 Å². The van der Waals surface area contributed by atoms with Gasteiger partial charge in [0.2, 0.25) is 0 Å². The van der Waals surface area contributed by atoms with Crippen LogP contribution in [0.3, 0.4) is 0 Å². The standard InChI is InChI=1S/C9H17F2NS/c1-12(6-9(10)11)7-3-4-8(5-7)13-2/h7-9H,3-6H2,1-2H3/t7-,8+/m0/s1. The van der Waals surface area contributed by atoms with Gasteiger partial charge in [-0.3, -0.25) is 4.90 Å². The lowest BCUT2D eigenvalue weighted by Gasteiger charge is -2.23. The molecule has 0 amide bonds. The number of halogens is 2. The molecule has 0 aromatic carbocycles. The van der Waals surface area contributed by atoms with Gasteiger partial charge in [-0.15, -0.1) is 0 Å². The van der Waals surface area contributed by atoms with E-state index < -0.39 is 6.43 Å². The molecule has 1 aliphatic carbocycles. The van der Waals surface area contributed by atoms with E-state index in [1.54, 1.807) is 11.9 Å². The zero-order chi connectivity index (χ0) is 9.84. The maximum absolute atomic E-state index is 12.1. The fourth-order valence-electron chi connectivity index (χ4n) is 1.90. The van der Waals surface area contributed by atoms with Crippen LogP contribution in [0.5, 0.6) is 0 Å². The Morgan fingerprint density at radius 3 is 2.62 bits per heavy atom. The van der Waals surface area contributed by atoms with Crippen molar-refractivity contribution in [2.45, 2.75) is 37.0 Å². The van der Waals surface area contributed by atoms with Gasteiger partial charge >= 0.3 is 0 Å². The van der Waals surface area contributed by atoms with E-state index >= 15 is 0 Å². The topological polar surface area (TPSA) is 3.24 Å². The van der Waals surface area contributed by atoms with Gasteiger partial charge in [-0.05, 0) is 32.6 Å². The maximum atomic E-state index is 12.1. The lowest BCUT2D eigenvalue weighted by molar-refractivity contribution is 0.0820. The molecule has 0 N–H and O–H groups in total. The first-order valence-corrected chi connectivity index (χ1v) is 5.93. The summed E-state index contributed by atoms with van der Waals surface area (Å²) in [6.07, 6.45) is 3.23. The van der Waals surface area contributed by atoms with Gasteiger partial charge in [0.25, 0.3) is 6.43 Å². The molecular weight excluding hydrogens is 192 g/mol. The van der Waals surface area contributed by atoms with Gasteiger partial charge in [-0.1, -0.05) is 0 Å². The number of nitrogens with zero attached hydrogens (tertiary/aromatic N) is 1. The average Bonchev–Trinajstić information content (AvgIpc) is 2.50. The van der Waals surface area contributed by atoms with Crippen LogP contribution in [0.2, 0.25) is 0 Å². The zero-order valence-corrected chi connectivity index (χ0v) is 8.99. The molecule has 0 bridgehead atoms. The summed E-state index contributed by atoms with van der Waals surface area (Å²) in [4.78, 5) is 1.81. The second kappa shape index (κ2) is 5.15. The maximum Gasteiger partial charge on any atom is 0.251 e. The van der Waals surface area contributed by atoms with Gasteiger partial charge in [-0.25, -0.2) is 8.78 Å². The Kier molecular flexibility index (Phi) is 4.46. The second-order valence-electron chi connectivity index (χ2n) is 3.66. The van der Waals surface area contributed by atoms with Gasteiger partial charge in [0, 0.05) is 11.3 Å². The van der Waals surface area contributed by atoms with Gasteiger partial charge in [0.15, 0.2) is 0 Å². The summed E-state index contributed by atoms with van der Waals surface area (Å²) in [6, 6.07) is 0.381. The lowest BCUT2D eigenvalue weighted by atomic mass is 10.2. The first-order chi connectivity index (χ1) is 6.13. The van der Waals surface area contributed by atoms with E-state index in [-0.39, 0.29) is 6.54 Å². The van der Waals surface area contributed by atoms with Crippen LogP contribution in [0.4, 0.5) is 8.78 Å². The van der Waals surface area contributed by atoms with Crippen LogP contribution >= 0.6 is 11.8 Å². The Morgan fingerprint density at radius 1 is 1.46 bits per heavy atom. The number of thioether (sulfide) groups is 1. The summed E-state index contributed by atoms with van der Waals surface area (Å²) in [5, 5.41) is 0.685. The Balaban J connectivity index is 2.28. The van der Waals surface area contributed by atoms with Crippen LogP contribution in [0.25, 0.3) is 0 Å². The average molecular weight is 209 g/mol. The predicted molar refractivity (Wildman–Crippen MR) is 53.6 cm³/mol. The largest absolute Gasteiger partial charge is 0.298 e. The number of hydrogen-bond acceptors (Lipinski definition) is 2. The Morgan fingerprint density at radius 2 is 2.15 bits per heavy atom. The third-order valence-corrected chi connectivity index (χ3v) is 3.83. The molecule has 0 unspecified atom stereocenters. The molecule has 1 fully saturated rings. The van der Waals surface area contributed by atoms with E-state index in [2.05, 4.69) is 6.26 Å². The van der Waals surface area contributed by atoms with Crippen LogP contribution in [-0.4, -0.2) is 42.5 Å². The fourth-order valence-corrected chi connectivity index (χ4v) is 2.69. The molecular formula is C9H17F2NS. The second-order valence-corrected chi connectivity index (χ2v) is 4.79. The molecule has 0 heterocycles. The third kappa shape index (κ3) is 3.43. The molecule has 0 aromatic heterocycles. The Hall–Kier alpha value is 0.170. The normalized spacial score (nSPS) is 29.1. The van der Waals surface area contributed by atoms with Crippen molar-refractivity contribution >= 4 is 11.8 Å². The summed E-state index contributed by atoms with van der Waals surface area (Å²) in [6.45, 7) is -0.0776. The first-order valence-electron chi connectivity index (χ1n) is 4.64. The number of rotatable bonds is 4. The summed E-state index contributed by atoms with van der Waals surface area (Å²) in [7, 11) is 1.81. The molecule has 13 heavy (non-hydrogen) atoms. The van der Waals surface area contributed by atoms with Crippen molar-refractivity contribution in [2.24, 2.45) is 0 Å². The summed E-state index contributed by atoms with van der Waals surface area (Å²) >= 11 is 1.86. The highest BCUT2D eigenvalue weighted by Crippen LogP contribution is 2.30. The van der Waals surface area contributed by atoms with E-state index in [0.717, 1.165) is 12.8 Å². The van der Waals surface area contributed by atoms with E-state index in [4.69, 9.17) is 0 Å². The lowest BCUT2D eigenvalue weighted by Crippen LogP contribution is -2.33. The predicted octanol–water partition coefficient (Wildman–Crippen LogP) is 2.47. The SMILES string of the molecule is CS[C@@H]1CC[C@H](N(C)CC(F)F)C1. The van der Waals surface area contributed by atoms with E-state index in [9.17, 15) is 8.78 Å². The minimum atomic E-state index is -2.20. The van der Waals surface area contributed by atoms with Crippen LogP contribution in [-0.2, 0) is 0 Å². The fraction of sp³-hybridized carbons (Fsp3) is 1.00. The van der Waals surface area contributed by atoms with Crippen molar-refractivity contribution in [3.63, 3.8) is 0 Å². The molecule has 1 saturated carbocycles. The molecule has 1 aliphatic rings. The Bertz CT molecular complexity index is 155. The van der Waals surface area contributed by atoms with E-state index in [1.807, 2.05) is 11.8 Å². The van der Waals surface area contributed by atoms with Gasteiger partial charge in [0.1, 0.15) is 0 Å². The molecule has 0 aliphatic heterocycles.